The second kappa shape index (κ2) is 9.98. The number of morpholine rings is 1. The number of aryl methyl sites for hydroxylation is 1. The number of nitrogens with zero attached hydrogens (tertiary/aromatic N) is 5. The molecule has 11 heteroatoms. The van der Waals surface area contributed by atoms with Gasteiger partial charge >= 0.3 is 6.18 Å². The molecule has 2 aromatic carbocycles. The highest BCUT2D eigenvalue weighted by Gasteiger charge is 2.30. The number of benzene rings is 2. The number of aliphatic hydroxyl groups excluding tert-OH is 1. The molecule has 0 amide bonds. The van der Waals surface area contributed by atoms with Crippen LogP contribution in [0.15, 0.2) is 53.5 Å². The lowest BCUT2D eigenvalue weighted by molar-refractivity contribution is -0.137. The van der Waals surface area contributed by atoms with E-state index in [-0.39, 0.29) is 11.5 Å². The van der Waals surface area contributed by atoms with Crippen LogP contribution in [0.1, 0.15) is 16.7 Å². The number of amidine groups is 1. The molecule has 0 radical (unpaired) electrons. The molecular weight excluding hydrogens is 485 g/mol. The smallest absolute Gasteiger partial charge is 0.389 e. The third-order valence-electron chi connectivity index (χ3n) is 6.41. The molecule has 0 unspecified atom stereocenters. The predicted molar refractivity (Wildman–Crippen MR) is 135 cm³/mol. The van der Waals surface area contributed by atoms with Crippen molar-refractivity contribution in [1.82, 2.24) is 9.97 Å². The van der Waals surface area contributed by atoms with Crippen molar-refractivity contribution in [1.29, 1.82) is 0 Å². The Hall–Kier alpha value is -3.70. The van der Waals surface area contributed by atoms with Crippen molar-refractivity contribution in [3.8, 4) is 11.3 Å². The van der Waals surface area contributed by atoms with Gasteiger partial charge in [0.2, 0.25) is 5.95 Å². The first kappa shape index (κ1) is 25.0. The van der Waals surface area contributed by atoms with Gasteiger partial charge < -0.3 is 25.4 Å². The summed E-state index contributed by atoms with van der Waals surface area (Å²) < 4.78 is 44.8. The van der Waals surface area contributed by atoms with Crippen molar-refractivity contribution in [3.05, 3.63) is 65.2 Å². The number of nitrogens with two attached hydrogens (primary N) is 1. The molecule has 194 valence electrons. The molecule has 8 nitrogen and oxygen atoms in total. The summed E-state index contributed by atoms with van der Waals surface area (Å²) in [6, 6.07) is 12.1. The van der Waals surface area contributed by atoms with E-state index in [1.54, 1.807) is 6.07 Å². The molecular formula is C26H27F3N6O2. The number of aromatic nitrogens is 2. The lowest BCUT2D eigenvalue weighted by Crippen LogP contribution is -2.51. The quantitative estimate of drug-likeness (QED) is 0.399. The zero-order valence-electron chi connectivity index (χ0n) is 20.2. The van der Waals surface area contributed by atoms with E-state index in [9.17, 15) is 18.3 Å². The Labute approximate surface area is 212 Å². The molecule has 1 aromatic heterocycles. The number of rotatable bonds is 5. The molecule has 2 aliphatic rings. The van der Waals surface area contributed by atoms with Crippen LogP contribution < -0.4 is 15.5 Å². The maximum atomic E-state index is 13.1. The van der Waals surface area contributed by atoms with Crippen LogP contribution in [-0.4, -0.2) is 66.4 Å². The molecule has 0 saturated carbocycles. The molecule has 2 aliphatic heterocycles. The third-order valence-corrected chi connectivity index (χ3v) is 6.41. The Morgan fingerprint density at radius 1 is 1.05 bits per heavy atom. The summed E-state index contributed by atoms with van der Waals surface area (Å²) in [5.41, 5.74) is 8.55. The summed E-state index contributed by atoms with van der Waals surface area (Å²) in [6.07, 6.45) is -4.87. The molecule has 3 N–H and O–H groups in total. The largest absolute Gasteiger partial charge is 0.416 e. The van der Waals surface area contributed by atoms with Gasteiger partial charge in [0.05, 0.1) is 36.3 Å². The van der Waals surface area contributed by atoms with Crippen LogP contribution in [-0.2, 0) is 10.9 Å². The highest BCUT2D eigenvalue weighted by atomic mass is 19.4. The lowest BCUT2D eigenvalue weighted by Gasteiger charge is -2.37. The van der Waals surface area contributed by atoms with Crippen molar-refractivity contribution in [2.45, 2.75) is 19.2 Å². The normalized spacial score (nSPS) is 17.2. The number of β-amino-alcohol motifs (C(OH)–C–C–N with tert-alkyl or cyclic N) is 1. The summed E-state index contributed by atoms with van der Waals surface area (Å²) in [6.45, 7) is 5.48. The van der Waals surface area contributed by atoms with Crippen LogP contribution in [0.5, 0.6) is 0 Å². The maximum Gasteiger partial charge on any atom is 0.416 e. The number of hydrogen-bond acceptors (Lipinski definition) is 7. The molecule has 0 atom stereocenters. The second-order valence-corrected chi connectivity index (χ2v) is 9.14. The van der Waals surface area contributed by atoms with E-state index >= 15 is 0 Å². The standard InChI is InChI=1S/C26H27F3N6O2/c1-16-5-6-17(24(30)31-19-4-2-3-18(12-19)26(27,28)29)11-21(16)22-13-23(34-7-9-37-10-8-34)33-25(32-22)35-14-20(36)15-35/h2-6,11-13,20,36H,7-10,14-15H2,1H3,(H2,30,31). The van der Waals surface area contributed by atoms with E-state index in [2.05, 4.69) is 9.89 Å². The van der Waals surface area contributed by atoms with Gasteiger partial charge in [0, 0.05) is 43.4 Å². The second-order valence-electron chi connectivity index (χ2n) is 9.14. The van der Waals surface area contributed by atoms with Gasteiger partial charge in [0.25, 0.3) is 0 Å². The monoisotopic (exact) mass is 512 g/mol. The molecule has 0 spiro atoms. The summed E-state index contributed by atoms with van der Waals surface area (Å²) in [5, 5.41) is 9.79. The van der Waals surface area contributed by atoms with Crippen LogP contribution in [0.2, 0.25) is 0 Å². The predicted octanol–water partition coefficient (Wildman–Crippen LogP) is 3.53. The number of aliphatic hydroxyl groups is 1. The van der Waals surface area contributed by atoms with E-state index in [0.29, 0.717) is 56.6 Å². The molecule has 3 aromatic rings. The lowest BCUT2D eigenvalue weighted by atomic mass is 10.0. The van der Waals surface area contributed by atoms with Gasteiger partial charge in [0.1, 0.15) is 11.7 Å². The first-order valence-electron chi connectivity index (χ1n) is 11.9. The molecule has 37 heavy (non-hydrogen) atoms. The number of anilines is 2. The van der Waals surface area contributed by atoms with Crippen LogP contribution in [0.25, 0.3) is 11.3 Å². The Bertz CT molecular complexity index is 1320. The van der Waals surface area contributed by atoms with Gasteiger partial charge in [-0.2, -0.15) is 18.2 Å². The summed E-state index contributed by atoms with van der Waals surface area (Å²) in [5.74, 6) is 1.38. The molecule has 5 rings (SSSR count). The zero-order valence-corrected chi connectivity index (χ0v) is 20.2. The molecule has 3 heterocycles. The van der Waals surface area contributed by atoms with Crippen LogP contribution in [0, 0.1) is 6.92 Å². The highest BCUT2D eigenvalue weighted by molar-refractivity contribution is 6.00. The number of halogens is 3. The van der Waals surface area contributed by atoms with E-state index < -0.39 is 17.8 Å². The third kappa shape index (κ3) is 5.52. The van der Waals surface area contributed by atoms with Gasteiger partial charge in [-0.25, -0.2) is 9.98 Å². The number of alkyl halides is 3. The van der Waals surface area contributed by atoms with Crippen molar-refractivity contribution in [2.24, 2.45) is 10.7 Å². The van der Waals surface area contributed by atoms with E-state index in [1.165, 1.54) is 12.1 Å². The zero-order chi connectivity index (χ0) is 26.2. The van der Waals surface area contributed by atoms with E-state index in [1.807, 2.05) is 30.0 Å². The Morgan fingerprint density at radius 2 is 1.81 bits per heavy atom. The SMILES string of the molecule is Cc1ccc(C(N)=Nc2cccc(C(F)(F)F)c2)cc1-c1cc(N2CCOCC2)nc(N2CC(O)C2)n1. The topological polar surface area (TPSA) is 100 Å². The average molecular weight is 513 g/mol. The number of ether oxygens (including phenoxy) is 1. The number of hydrogen-bond donors (Lipinski definition) is 2. The maximum absolute atomic E-state index is 13.1. The Kier molecular flexibility index (Phi) is 6.74. The van der Waals surface area contributed by atoms with E-state index in [4.69, 9.17) is 20.4 Å². The first-order valence-corrected chi connectivity index (χ1v) is 11.9. The van der Waals surface area contributed by atoms with E-state index in [0.717, 1.165) is 29.1 Å². The minimum absolute atomic E-state index is 0.0918. The molecule has 2 saturated heterocycles. The number of aliphatic imine (C=N–C) groups is 1. The van der Waals surface area contributed by atoms with Crippen molar-refractivity contribution >= 4 is 23.3 Å². The molecule has 0 aliphatic carbocycles. The Balaban J connectivity index is 1.52. The fraction of sp³-hybridized carbons (Fsp3) is 0.346. The van der Waals surface area contributed by atoms with Gasteiger partial charge in [0.15, 0.2) is 0 Å². The summed E-state index contributed by atoms with van der Waals surface area (Å²) in [7, 11) is 0. The van der Waals surface area contributed by atoms with Crippen LogP contribution in [0.3, 0.4) is 0 Å². The van der Waals surface area contributed by atoms with Gasteiger partial charge in [-0.3, -0.25) is 0 Å². The van der Waals surface area contributed by atoms with Crippen LogP contribution >= 0.6 is 0 Å². The van der Waals surface area contributed by atoms with Gasteiger partial charge in [-0.05, 0) is 36.8 Å². The minimum atomic E-state index is -4.47. The fourth-order valence-electron chi connectivity index (χ4n) is 4.29. The fourth-order valence-corrected chi connectivity index (χ4v) is 4.29. The van der Waals surface area contributed by atoms with Gasteiger partial charge in [-0.15, -0.1) is 0 Å². The molecule has 0 bridgehead atoms. The summed E-state index contributed by atoms with van der Waals surface area (Å²) >= 11 is 0. The van der Waals surface area contributed by atoms with Gasteiger partial charge in [-0.1, -0.05) is 18.2 Å². The van der Waals surface area contributed by atoms with Crippen LogP contribution in [0.4, 0.5) is 30.6 Å². The van der Waals surface area contributed by atoms with Crippen molar-refractivity contribution in [3.63, 3.8) is 0 Å². The van der Waals surface area contributed by atoms with Crippen molar-refractivity contribution in [2.75, 3.05) is 49.2 Å². The Morgan fingerprint density at radius 3 is 2.51 bits per heavy atom. The molecule has 2 fully saturated rings. The average Bonchev–Trinajstić information content (AvgIpc) is 2.87. The first-order chi connectivity index (χ1) is 17.7. The van der Waals surface area contributed by atoms with Crippen molar-refractivity contribution < 1.29 is 23.0 Å². The highest BCUT2D eigenvalue weighted by Crippen LogP contribution is 2.32. The summed E-state index contributed by atoms with van der Waals surface area (Å²) in [4.78, 5) is 17.8. The minimum Gasteiger partial charge on any atom is -0.389 e.